The van der Waals surface area contributed by atoms with Crippen LogP contribution in [0.2, 0.25) is 0 Å². The van der Waals surface area contributed by atoms with Crippen LogP contribution < -0.4 is 10.5 Å². The van der Waals surface area contributed by atoms with Crippen molar-refractivity contribution in [3.8, 4) is 5.75 Å². The third-order valence-electron chi connectivity index (χ3n) is 2.62. The molecule has 0 aliphatic heterocycles. The number of nitrogens with two attached hydrogens (primary N) is 1. The topological polar surface area (TPSA) is 68.4 Å². The second-order valence-electron chi connectivity index (χ2n) is 3.97. The van der Waals surface area contributed by atoms with Crippen molar-refractivity contribution in [1.29, 1.82) is 0 Å². The third kappa shape index (κ3) is 3.49. The van der Waals surface area contributed by atoms with E-state index in [-0.39, 0.29) is 11.6 Å². The number of benzene rings is 1. The summed E-state index contributed by atoms with van der Waals surface area (Å²) in [6, 6.07) is 10.9. The molecule has 0 amide bonds. The Hall–Kier alpha value is -1.98. The molecule has 0 saturated carbocycles. The molecule has 19 heavy (non-hydrogen) atoms. The molecule has 0 bridgehead atoms. The van der Waals surface area contributed by atoms with Gasteiger partial charge in [-0.3, -0.25) is 4.98 Å². The Morgan fingerprint density at radius 3 is 2.63 bits per heavy atom. The SMILES string of the molecule is NC(=S)c1ncccc1COc1ccc(CO)cc1. The van der Waals surface area contributed by atoms with Crippen LogP contribution in [0.5, 0.6) is 5.75 Å². The van der Waals surface area contributed by atoms with Crippen molar-refractivity contribution in [3.63, 3.8) is 0 Å². The van der Waals surface area contributed by atoms with Gasteiger partial charge in [0.05, 0.1) is 6.61 Å². The molecular weight excluding hydrogens is 260 g/mol. The minimum absolute atomic E-state index is 0.0223. The van der Waals surface area contributed by atoms with Crippen molar-refractivity contribution >= 4 is 17.2 Å². The van der Waals surface area contributed by atoms with Gasteiger partial charge in [-0.15, -0.1) is 0 Å². The largest absolute Gasteiger partial charge is 0.489 e. The molecule has 0 saturated heterocycles. The second-order valence-corrected chi connectivity index (χ2v) is 4.41. The number of rotatable bonds is 5. The smallest absolute Gasteiger partial charge is 0.123 e. The average Bonchev–Trinajstić information content (AvgIpc) is 2.46. The first-order chi connectivity index (χ1) is 9.20. The predicted molar refractivity (Wildman–Crippen MR) is 76.8 cm³/mol. The summed E-state index contributed by atoms with van der Waals surface area (Å²) in [5.74, 6) is 0.718. The van der Waals surface area contributed by atoms with Crippen molar-refractivity contribution in [2.45, 2.75) is 13.2 Å². The van der Waals surface area contributed by atoms with Gasteiger partial charge >= 0.3 is 0 Å². The van der Waals surface area contributed by atoms with Gasteiger partial charge < -0.3 is 15.6 Å². The zero-order chi connectivity index (χ0) is 13.7. The van der Waals surface area contributed by atoms with Crippen LogP contribution in [0.1, 0.15) is 16.8 Å². The maximum Gasteiger partial charge on any atom is 0.123 e. The van der Waals surface area contributed by atoms with Crippen LogP contribution in [-0.2, 0) is 13.2 Å². The molecule has 2 aromatic rings. The van der Waals surface area contributed by atoms with E-state index < -0.39 is 0 Å². The maximum atomic E-state index is 8.96. The summed E-state index contributed by atoms with van der Waals surface area (Å²) < 4.78 is 5.65. The summed E-state index contributed by atoms with van der Waals surface area (Å²) in [6.07, 6.45) is 1.65. The van der Waals surface area contributed by atoms with E-state index in [0.29, 0.717) is 12.3 Å². The Balaban J connectivity index is 2.07. The van der Waals surface area contributed by atoms with Gasteiger partial charge in [0.25, 0.3) is 0 Å². The molecule has 3 N–H and O–H groups in total. The molecule has 98 valence electrons. The molecule has 0 aliphatic rings. The van der Waals surface area contributed by atoms with Gasteiger partial charge in [0.1, 0.15) is 23.0 Å². The second kappa shape index (κ2) is 6.26. The maximum absolute atomic E-state index is 8.96. The molecule has 1 heterocycles. The molecule has 0 aliphatic carbocycles. The van der Waals surface area contributed by atoms with Gasteiger partial charge in [0, 0.05) is 11.8 Å². The number of ether oxygens (including phenoxy) is 1. The predicted octanol–water partition coefficient (Wildman–Crippen LogP) is 1.79. The highest BCUT2D eigenvalue weighted by Crippen LogP contribution is 2.15. The lowest BCUT2D eigenvalue weighted by atomic mass is 10.2. The van der Waals surface area contributed by atoms with E-state index in [1.54, 1.807) is 6.20 Å². The number of hydrogen-bond donors (Lipinski definition) is 2. The molecule has 0 fully saturated rings. The first-order valence-electron chi connectivity index (χ1n) is 5.77. The lowest BCUT2D eigenvalue weighted by Gasteiger charge is -2.09. The van der Waals surface area contributed by atoms with Crippen molar-refractivity contribution in [2.75, 3.05) is 0 Å². The molecule has 0 spiro atoms. The zero-order valence-corrected chi connectivity index (χ0v) is 11.1. The minimum Gasteiger partial charge on any atom is -0.489 e. The minimum atomic E-state index is 0.0223. The average molecular weight is 274 g/mol. The highest BCUT2D eigenvalue weighted by molar-refractivity contribution is 7.80. The van der Waals surface area contributed by atoms with E-state index in [1.807, 2.05) is 36.4 Å². The molecule has 5 heteroatoms. The lowest BCUT2D eigenvalue weighted by Crippen LogP contribution is -2.15. The molecule has 1 aromatic heterocycles. The molecule has 0 atom stereocenters. The number of pyridine rings is 1. The van der Waals surface area contributed by atoms with Gasteiger partial charge in [-0.2, -0.15) is 0 Å². The fraction of sp³-hybridized carbons (Fsp3) is 0.143. The fourth-order valence-corrected chi connectivity index (χ4v) is 1.81. The quantitative estimate of drug-likeness (QED) is 0.814. The monoisotopic (exact) mass is 274 g/mol. The molecular formula is C14H14N2O2S. The number of aliphatic hydroxyl groups is 1. The Kier molecular flexibility index (Phi) is 4.43. The summed E-state index contributed by atoms with van der Waals surface area (Å²) in [5, 5.41) is 8.96. The van der Waals surface area contributed by atoms with E-state index in [1.165, 1.54) is 0 Å². The summed E-state index contributed by atoms with van der Waals surface area (Å²) in [7, 11) is 0. The Bertz CT molecular complexity index is 570. The Morgan fingerprint density at radius 1 is 1.26 bits per heavy atom. The van der Waals surface area contributed by atoms with Gasteiger partial charge in [-0.25, -0.2) is 0 Å². The number of thiocarbonyl (C=S) groups is 1. The van der Waals surface area contributed by atoms with Crippen LogP contribution >= 0.6 is 12.2 Å². The fourth-order valence-electron chi connectivity index (χ4n) is 1.63. The molecule has 0 radical (unpaired) electrons. The standard InChI is InChI=1S/C14H14N2O2S/c15-14(19)13-11(2-1-7-16-13)9-18-12-5-3-10(8-17)4-6-12/h1-7,17H,8-9H2,(H2,15,19). The molecule has 2 rings (SSSR count). The van der Waals surface area contributed by atoms with Gasteiger partial charge in [-0.05, 0) is 23.8 Å². The number of aliphatic hydroxyl groups excluding tert-OH is 1. The van der Waals surface area contributed by atoms with Crippen molar-refractivity contribution in [3.05, 3.63) is 59.4 Å². The first kappa shape index (κ1) is 13.5. The van der Waals surface area contributed by atoms with E-state index in [0.717, 1.165) is 16.9 Å². The zero-order valence-electron chi connectivity index (χ0n) is 10.2. The van der Waals surface area contributed by atoms with E-state index in [4.69, 9.17) is 27.8 Å². The Morgan fingerprint density at radius 2 is 2.00 bits per heavy atom. The van der Waals surface area contributed by atoms with Crippen molar-refractivity contribution in [2.24, 2.45) is 5.73 Å². The summed E-state index contributed by atoms with van der Waals surface area (Å²) >= 11 is 4.95. The van der Waals surface area contributed by atoms with Gasteiger partial charge in [-0.1, -0.05) is 30.4 Å². The number of hydrogen-bond acceptors (Lipinski definition) is 4. The third-order valence-corrected chi connectivity index (χ3v) is 2.82. The van der Waals surface area contributed by atoms with E-state index in [2.05, 4.69) is 4.98 Å². The normalized spacial score (nSPS) is 10.2. The molecule has 0 unspecified atom stereocenters. The van der Waals surface area contributed by atoms with Crippen LogP contribution in [0.15, 0.2) is 42.6 Å². The summed E-state index contributed by atoms with van der Waals surface area (Å²) in [5.41, 5.74) is 7.89. The molecule has 1 aromatic carbocycles. The van der Waals surface area contributed by atoms with E-state index >= 15 is 0 Å². The Labute approximate surface area is 116 Å². The van der Waals surface area contributed by atoms with Gasteiger partial charge in [0.15, 0.2) is 0 Å². The van der Waals surface area contributed by atoms with Gasteiger partial charge in [0.2, 0.25) is 0 Å². The van der Waals surface area contributed by atoms with Crippen LogP contribution in [0.4, 0.5) is 0 Å². The van der Waals surface area contributed by atoms with E-state index in [9.17, 15) is 0 Å². The van der Waals surface area contributed by atoms with Crippen LogP contribution in [0.3, 0.4) is 0 Å². The summed E-state index contributed by atoms with van der Waals surface area (Å²) in [4.78, 5) is 4.40. The van der Waals surface area contributed by atoms with Crippen LogP contribution in [0, 0.1) is 0 Å². The lowest BCUT2D eigenvalue weighted by molar-refractivity contribution is 0.280. The molecule has 4 nitrogen and oxygen atoms in total. The first-order valence-corrected chi connectivity index (χ1v) is 6.18. The number of nitrogens with zero attached hydrogens (tertiary/aromatic N) is 1. The van der Waals surface area contributed by atoms with Crippen LogP contribution in [0.25, 0.3) is 0 Å². The van der Waals surface area contributed by atoms with Crippen molar-refractivity contribution < 1.29 is 9.84 Å². The summed E-state index contributed by atoms with van der Waals surface area (Å²) in [6.45, 7) is 0.369. The van der Waals surface area contributed by atoms with Crippen LogP contribution in [-0.4, -0.2) is 15.1 Å². The highest BCUT2D eigenvalue weighted by atomic mass is 32.1. The van der Waals surface area contributed by atoms with Crippen molar-refractivity contribution in [1.82, 2.24) is 4.98 Å². The number of aromatic nitrogens is 1. The highest BCUT2D eigenvalue weighted by Gasteiger charge is 2.06.